The maximum absolute atomic E-state index is 11.9. The zero-order valence-corrected chi connectivity index (χ0v) is 12.6. The molecule has 2 amide bonds. The fourth-order valence-electron chi connectivity index (χ4n) is 2.09. The van der Waals surface area contributed by atoms with E-state index in [0.717, 1.165) is 17.8 Å². The molecule has 0 bridgehead atoms. The van der Waals surface area contributed by atoms with E-state index in [9.17, 15) is 4.79 Å². The molecule has 0 aromatic heterocycles. The Kier molecular flexibility index (Phi) is 5.38. The molecule has 0 saturated heterocycles. The van der Waals surface area contributed by atoms with Crippen LogP contribution in [0.2, 0.25) is 0 Å². The summed E-state index contributed by atoms with van der Waals surface area (Å²) in [6, 6.07) is 17.2. The summed E-state index contributed by atoms with van der Waals surface area (Å²) in [5.41, 5.74) is 2.89. The van der Waals surface area contributed by atoms with Crippen molar-refractivity contribution in [2.45, 2.75) is 26.7 Å². The van der Waals surface area contributed by atoms with Gasteiger partial charge in [0.25, 0.3) is 0 Å². The largest absolute Gasteiger partial charge is 0.323 e. The number of nitrogens with one attached hydrogen (secondary N) is 2. The third-order valence-corrected chi connectivity index (χ3v) is 3.52. The molecule has 0 heterocycles. The Labute approximate surface area is 126 Å². The number of hydrogen-bond donors (Lipinski definition) is 2. The number of para-hydroxylation sites is 1. The number of rotatable bonds is 5. The summed E-state index contributed by atoms with van der Waals surface area (Å²) >= 11 is 0. The van der Waals surface area contributed by atoms with Crippen molar-refractivity contribution >= 4 is 17.4 Å². The Morgan fingerprint density at radius 3 is 2.10 bits per heavy atom. The Morgan fingerprint density at radius 2 is 1.52 bits per heavy atom. The highest BCUT2D eigenvalue weighted by atomic mass is 16.2. The van der Waals surface area contributed by atoms with E-state index in [2.05, 4.69) is 36.6 Å². The third kappa shape index (κ3) is 4.95. The predicted molar refractivity (Wildman–Crippen MR) is 88.7 cm³/mol. The predicted octanol–water partition coefficient (Wildman–Crippen LogP) is 4.92. The Morgan fingerprint density at radius 1 is 0.952 bits per heavy atom. The second-order valence-corrected chi connectivity index (χ2v) is 5.36. The summed E-state index contributed by atoms with van der Waals surface area (Å²) in [5.74, 6) is 0.685. The van der Waals surface area contributed by atoms with Gasteiger partial charge in [0.1, 0.15) is 0 Å². The van der Waals surface area contributed by atoms with E-state index >= 15 is 0 Å². The molecule has 3 heteroatoms. The van der Waals surface area contributed by atoms with Gasteiger partial charge in [0.2, 0.25) is 0 Å². The van der Waals surface area contributed by atoms with Crippen molar-refractivity contribution in [1.29, 1.82) is 0 Å². The molecule has 110 valence electrons. The lowest BCUT2D eigenvalue weighted by atomic mass is 9.99. The van der Waals surface area contributed by atoms with Gasteiger partial charge < -0.3 is 10.6 Å². The van der Waals surface area contributed by atoms with E-state index in [1.807, 2.05) is 42.5 Å². The first kappa shape index (κ1) is 15.1. The van der Waals surface area contributed by atoms with Crippen LogP contribution in [-0.4, -0.2) is 6.03 Å². The van der Waals surface area contributed by atoms with E-state index in [0.29, 0.717) is 5.92 Å². The lowest BCUT2D eigenvalue weighted by Gasteiger charge is -2.10. The van der Waals surface area contributed by atoms with Gasteiger partial charge in [0.15, 0.2) is 0 Å². The molecular formula is C18H22N2O. The van der Waals surface area contributed by atoms with Crippen molar-refractivity contribution in [2.24, 2.45) is 5.92 Å². The SMILES string of the molecule is CCC(C)Cc1ccc(NC(=O)Nc2ccccc2)cc1. The van der Waals surface area contributed by atoms with E-state index in [-0.39, 0.29) is 6.03 Å². The molecule has 2 rings (SSSR count). The lowest BCUT2D eigenvalue weighted by molar-refractivity contribution is 0.262. The molecule has 0 aliphatic carbocycles. The summed E-state index contributed by atoms with van der Waals surface area (Å²) in [7, 11) is 0. The highest BCUT2D eigenvalue weighted by Crippen LogP contribution is 2.15. The average molecular weight is 282 g/mol. The van der Waals surface area contributed by atoms with Crippen LogP contribution < -0.4 is 10.6 Å². The highest BCUT2D eigenvalue weighted by molar-refractivity contribution is 5.99. The molecule has 2 aromatic carbocycles. The fourth-order valence-corrected chi connectivity index (χ4v) is 2.09. The molecule has 0 saturated carbocycles. The van der Waals surface area contributed by atoms with E-state index in [4.69, 9.17) is 0 Å². The Hall–Kier alpha value is -2.29. The number of anilines is 2. The van der Waals surface area contributed by atoms with Gasteiger partial charge in [-0.1, -0.05) is 50.6 Å². The third-order valence-electron chi connectivity index (χ3n) is 3.52. The molecule has 1 atom stereocenters. The van der Waals surface area contributed by atoms with E-state index in [1.54, 1.807) is 0 Å². The summed E-state index contributed by atoms with van der Waals surface area (Å²) in [6.07, 6.45) is 2.26. The summed E-state index contributed by atoms with van der Waals surface area (Å²) in [6.45, 7) is 4.45. The number of carbonyl (C=O) groups is 1. The molecule has 2 N–H and O–H groups in total. The topological polar surface area (TPSA) is 41.1 Å². The number of urea groups is 1. The minimum Gasteiger partial charge on any atom is -0.308 e. The van der Waals surface area contributed by atoms with Gasteiger partial charge in [-0.2, -0.15) is 0 Å². The fraction of sp³-hybridized carbons (Fsp3) is 0.278. The number of benzene rings is 2. The minimum absolute atomic E-state index is 0.226. The van der Waals surface area contributed by atoms with Gasteiger partial charge in [-0.25, -0.2) is 4.79 Å². The van der Waals surface area contributed by atoms with Crippen LogP contribution in [0.4, 0.5) is 16.2 Å². The molecule has 3 nitrogen and oxygen atoms in total. The molecule has 21 heavy (non-hydrogen) atoms. The van der Waals surface area contributed by atoms with Crippen molar-refractivity contribution in [2.75, 3.05) is 10.6 Å². The zero-order chi connectivity index (χ0) is 15.1. The number of carbonyl (C=O) groups excluding carboxylic acids is 1. The smallest absolute Gasteiger partial charge is 0.308 e. The quantitative estimate of drug-likeness (QED) is 0.803. The Balaban J connectivity index is 1.89. The van der Waals surface area contributed by atoms with Crippen molar-refractivity contribution in [3.05, 3.63) is 60.2 Å². The minimum atomic E-state index is -0.226. The normalized spacial score (nSPS) is 11.7. The van der Waals surface area contributed by atoms with Crippen LogP contribution in [0.25, 0.3) is 0 Å². The highest BCUT2D eigenvalue weighted by Gasteiger charge is 2.04. The van der Waals surface area contributed by atoms with E-state index in [1.165, 1.54) is 12.0 Å². The molecule has 1 unspecified atom stereocenters. The maximum Gasteiger partial charge on any atom is 0.323 e. The number of amides is 2. The first-order valence-corrected chi connectivity index (χ1v) is 7.39. The molecule has 0 fully saturated rings. The molecule has 0 aliphatic rings. The van der Waals surface area contributed by atoms with Gasteiger partial charge in [-0.05, 0) is 42.2 Å². The molecular weight excluding hydrogens is 260 g/mol. The second-order valence-electron chi connectivity index (χ2n) is 5.36. The van der Waals surface area contributed by atoms with Crippen molar-refractivity contribution < 1.29 is 4.79 Å². The molecule has 0 radical (unpaired) electrons. The van der Waals surface area contributed by atoms with Gasteiger partial charge >= 0.3 is 6.03 Å². The monoisotopic (exact) mass is 282 g/mol. The van der Waals surface area contributed by atoms with Crippen molar-refractivity contribution in [1.82, 2.24) is 0 Å². The Bertz CT molecular complexity index is 564. The van der Waals surface area contributed by atoms with E-state index < -0.39 is 0 Å². The van der Waals surface area contributed by atoms with Crippen LogP contribution in [-0.2, 0) is 6.42 Å². The summed E-state index contributed by atoms with van der Waals surface area (Å²) in [4.78, 5) is 11.9. The summed E-state index contributed by atoms with van der Waals surface area (Å²) in [5, 5.41) is 5.63. The van der Waals surface area contributed by atoms with Crippen LogP contribution in [0.15, 0.2) is 54.6 Å². The van der Waals surface area contributed by atoms with Gasteiger partial charge in [0.05, 0.1) is 0 Å². The standard InChI is InChI=1S/C18H22N2O/c1-3-14(2)13-15-9-11-17(12-10-15)20-18(21)19-16-7-5-4-6-8-16/h4-12,14H,3,13H2,1-2H3,(H2,19,20,21). The average Bonchev–Trinajstić information content (AvgIpc) is 2.50. The van der Waals surface area contributed by atoms with Crippen LogP contribution in [0, 0.1) is 5.92 Å². The van der Waals surface area contributed by atoms with Gasteiger partial charge in [-0.3, -0.25) is 0 Å². The first-order valence-electron chi connectivity index (χ1n) is 7.39. The van der Waals surface area contributed by atoms with Crippen LogP contribution >= 0.6 is 0 Å². The number of hydrogen-bond acceptors (Lipinski definition) is 1. The van der Waals surface area contributed by atoms with Crippen LogP contribution in [0.3, 0.4) is 0 Å². The maximum atomic E-state index is 11.9. The first-order chi connectivity index (χ1) is 10.2. The lowest BCUT2D eigenvalue weighted by Crippen LogP contribution is -2.19. The second kappa shape index (κ2) is 7.48. The van der Waals surface area contributed by atoms with Crippen molar-refractivity contribution in [3.8, 4) is 0 Å². The molecule has 0 aliphatic heterocycles. The van der Waals surface area contributed by atoms with Gasteiger partial charge in [0, 0.05) is 11.4 Å². The molecule has 2 aromatic rings. The van der Waals surface area contributed by atoms with Crippen LogP contribution in [0.5, 0.6) is 0 Å². The zero-order valence-electron chi connectivity index (χ0n) is 12.6. The van der Waals surface area contributed by atoms with Crippen molar-refractivity contribution in [3.63, 3.8) is 0 Å². The van der Waals surface area contributed by atoms with Crippen LogP contribution in [0.1, 0.15) is 25.8 Å². The summed E-state index contributed by atoms with van der Waals surface area (Å²) < 4.78 is 0. The molecule has 0 spiro atoms. The van der Waals surface area contributed by atoms with Gasteiger partial charge in [-0.15, -0.1) is 0 Å².